The Morgan fingerprint density at radius 1 is 1.32 bits per heavy atom. The Morgan fingerprint density at radius 3 is 2.58 bits per heavy atom. The summed E-state index contributed by atoms with van der Waals surface area (Å²) in [5, 5.41) is 2.82. The lowest BCUT2D eigenvalue weighted by Crippen LogP contribution is -2.30. The summed E-state index contributed by atoms with van der Waals surface area (Å²) in [6.45, 7) is 4.09. The Bertz CT molecular complexity index is 411. The lowest BCUT2D eigenvalue weighted by Gasteiger charge is -2.08. The Labute approximate surface area is 115 Å². The maximum Gasteiger partial charge on any atom is 0.244 e. The molecule has 1 amide bonds. The van der Waals surface area contributed by atoms with Gasteiger partial charge in [0.15, 0.2) is 0 Å². The number of nitrogens with one attached hydrogen (secondary N) is 1. The molecule has 0 heterocycles. The minimum atomic E-state index is -0.0734. The molecule has 0 bridgehead atoms. The lowest BCUT2D eigenvalue weighted by molar-refractivity contribution is -0.116. The molecular weight excluding hydrogens is 240 g/mol. The van der Waals surface area contributed by atoms with Gasteiger partial charge >= 0.3 is 0 Å². The van der Waals surface area contributed by atoms with Gasteiger partial charge in [-0.15, -0.1) is 0 Å². The van der Waals surface area contributed by atoms with Gasteiger partial charge in [-0.05, 0) is 44.8 Å². The van der Waals surface area contributed by atoms with E-state index in [1.807, 2.05) is 50.2 Å². The van der Waals surface area contributed by atoms with E-state index in [2.05, 4.69) is 5.32 Å². The van der Waals surface area contributed by atoms with E-state index in [0.717, 1.165) is 17.9 Å². The minimum Gasteiger partial charge on any atom is -0.494 e. The first-order valence-electron chi connectivity index (χ1n) is 6.45. The zero-order valence-electron chi connectivity index (χ0n) is 11.8. The number of carbonyl (C=O) groups is 1. The molecule has 1 rings (SSSR count). The molecule has 4 nitrogen and oxygen atoms in total. The van der Waals surface area contributed by atoms with Gasteiger partial charge in [0.05, 0.1) is 6.61 Å². The van der Waals surface area contributed by atoms with Crippen LogP contribution in [0.15, 0.2) is 30.3 Å². The smallest absolute Gasteiger partial charge is 0.244 e. The van der Waals surface area contributed by atoms with Crippen LogP contribution in [0, 0.1) is 0 Å². The molecule has 1 N–H and O–H groups in total. The molecule has 1 aromatic rings. The molecule has 0 aliphatic rings. The van der Waals surface area contributed by atoms with Crippen molar-refractivity contribution in [2.45, 2.75) is 6.92 Å². The van der Waals surface area contributed by atoms with E-state index in [4.69, 9.17) is 4.74 Å². The normalized spacial score (nSPS) is 10.9. The van der Waals surface area contributed by atoms with E-state index < -0.39 is 0 Å². The van der Waals surface area contributed by atoms with Crippen LogP contribution in [0.4, 0.5) is 0 Å². The molecule has 0 saturated carbocycles. The third-order valence-corrected chi connectivity index (χ3v) is 2.48. The molecule has 0 aliphatic heterocycles. The largest absolute Gasteiger partial charge is 0.494 e. The summed E-state index contributed by atoms with van der Waals surface area (Å²) in [6, 6.07) is 7.64. The summed E-state index contributed by atoms with van der Waals surface area (Å²) in [6.07, 6.45) is 3.34. The first-order valence-corrected chi connectivity index (χ1v) is 6.45. The van der Waals surface area contributed by atoms with Crippen LogP contribution in [0.25, 0.3) is 6.08 Å². The van der Waals surface area contributed by atoms with E-state index >= 15 is 0 Å². The predicted molar refractivity (Wildman–Crippen MR) is 78.2 cm³/mol. The molecule has 0 aliphatic carbocycles. The highest BCUT2D eigenvalue weighted by Crippen LogP contribution is 2.12. The van der Waals surface area contributed by atoms with Crippen LogP contribution in [0.5, 0.6) is 5.75 Å². The molecule has 0 saturated heterocycles. The van der Waals surface area contributed by atoms with Crippen LogP contribution in [-0.4, -0.2) is 44.6 Å². The fourth-order valence-corrected chi connectivity index (χ4v) is 1.48. The highest BCUT2D eigenvalue weighted by atomic mass is 16.5. The number of benzene rings is 1. The number of rotatable bonds is 7. The number of hydrogen-bond acceptors (Lipinski definition) is 3. The molecular formula is C15H22N2O2. The number of amides is 1. The van der Waals surface area contributed by atoms with E-state index in [-0.39, 0.29) is 5.91 Å². The second kappa shape index (κ2) is 8.32. The average molecular weight is 262 g/mol. The molecule has 0 aromatic heterocycles. The minimum absolute atomic E-state index is 0.0734. The van der Waals surface area contributed by atoms with Gasteiger partial charge in [0, 0.05) is 19.2 Å². The Kier molecular flexibility index (Phi) is 6.68. The van der Waals surface area contributed by atoms with Gasteiger partial charge in [-0.25, -0.2) is 0 Å². The van der Waals surface area contributed by atoms with Crippen molar-refractivity contribution in [3.05, 3.63) is 35.9 Å². The van der Waals surface area contributed by atoms with Crippen LogP contribution in [-0.2, 0) is 4.79 Å². The highest BCUT2D eigenvalue weighted by Gasteiger charge is 1.96. The Morgan fingerprint density at radius 2 is 2.00 bits per heavy atom. The molecule has 4 heteroatoms. The Balaban J connectivity index is 2.40. The summed E-state index contributed by atoms with van der Waals surface area (Å²) < 4.78 is 5.35. The SMILES string of the molecule is CCOc1ccc(/C=C/C(=O)NCCN(C)C)cc1. The number of nitrogens with zero attached hydrogens (tertiary/aromatic N) is 1. The number of ether oxygens (including phenoxy) is 1. The van der Waals surface area contributed by atoms with Crippen molar-refractivity contribution in [3.8, 4) is 5.75 Å². The maximum absolute atomic E-state index is 11.5. The summed E-state index contributed by atoms with van der Waals surface area (Å²) in [5.74, 6) is 0.769. The average Bonchev–Trinajstić information content (AvgIpc) is 2.38. The molecule has 1 aromatic carbocycles. The molecule has 0 fully saturated rings. The maximum atomic E-state index is 11.5. The summed E-state index contributed by atoms with van der Waals surface area (Å²) in [7, 11) is 3.95. The van der Waals surface area contributed by atoms with E-state index in [1.165, 1.54) is 0 Å². The van der Waals surface area contributed by atoms with Crippen molar-refractivity contribution in [2.24, 2.45) is 0 Å². The van der Waals surface area contributed by atoms with Gasteiger partial charge in [-0.3, -0.25) is 4.79 Å². The van der Waals surface area contributed by atoms with Gasteiger partial charge in [0.25, 0.3) is 0 Å². The van der Waals surface area contributed by atoms with Crippen LogP contribution >= 0.6 is 0 Å². The molecule has 104 valence electrons. The fraction of sp³-hybridized carbons (Fsp3) is 0.400. The second-order valence-electron chi connectivity index (χ2n) is 4.43. The molecule has 19 heavy (non-hydrogen) atoms. The van der Waals surface area contributed by atoms with Gasteiger partial charge in [-0.2, -0.15) is 0 Å². The third kappa shape index (κ3) is 6.62. The van der Waals surface area contributed by atoms with Crippen LogP contribution < -0.4 is 10.1 Å². The van der Waals surface area contributed by atoms with Gasteiger partial charge in [0.1, 0.15) is 5.75 Å². The molecule has 0 spiro atoms. The second-order valence-corrected chi connectivity index (χ2v) is 4.43. The summed E-state index contributed by atoms with van der Waals surface area (Å²) in [5.41, 5.74) is 0.978. The number of hydrogen-bond donors (Lipinski definition) is 1. The van der Waals surface area contributed by atoms with Crippen molar-refractivity contribution in [3.63, 3.8) is 0 Å². The van der Waals surface area contributed by atoms with Crippen molar-refractivity contribution >= 4 is 12.0 Å². The van der Waals surface area contributed by atoms with Crippen LogP contribution in [0.3, 0.4) is 0 Å². The fourth-order valence-electron chi connectivity index (χ4n) is 1.48. The molecule has 0 atom stereocenters. The van der Waals surface area contributed by atoms with Crippen molar-refractivity contribution in [1.82, 2.24) is 10.2 Å². The van der Waals surface area contributed by atoms with Gasteiger partial charge < -0.3 is 15.0 Å². The molecule has 0 radical (unpaired) electrons. The highest BCUT2D eigenvalue weighted by molar-refractivity contribution is 5.91. The standard InChI is InChI=1S/C15H22N2O2/c1-4-19-14-8-5-13(6-9-14)7-10-15(18)16-11-12-17(2)3/h5-10H,4,11-12H2,1-3H3,(H,16,18)/b10-7+. The number of likely N-dealkylation sites (N-methyl/N-ethyl adjacent to an activating group) is 1. The Hall–Kier alpha value is -1.81. The van der Waals surface area contributed by atoms with Crippen molar-refractivity contribution in [2.75, 3.05) is 33.8 Å². The zero-order valence-corrected chi connectivity index (χ0v) is 11.8. The van der Waals surface area contributed by atoms with Gasteiger partial charge in [-0.1, -0.05) is 12.1 Å². The zero-order chi connectivity index (χ0) is 14.1. The summed E-state index contributed by atoms with van der Waals surface area (Å²) in [4.78, 5) is 13.6. The monoisotopic (exact) mass is 262 g/mol. The van der Waals surface area contributed by atoms with E-state index in [0.29, 0.717) is 13.2 Å². The first-order chi connectivity index (χ1) is 9.11. The first kappa shape index (κ1) is 15.2. The predicted octanol–water partition coefficient (Wildman–Crippen LogP) is 1.78. The van der Waals surface area contributed by atoms with Crippen LogP contribution in [0.2, 0.25) is 0 Å². The number of carbonyl (C=O) groups excluding carboxylic acids is 1. The van der Waals surface area contributed by atoms with Crippen molar-refractivity contribution < 1.29 is 9.53 Å². The quantitative estimate of drug-likeness (QED) is 0.762. The van der Waals surface area contributed by atoms with E-state index in [9.17, 15) is 4.79 Å². The topological polar surface area (TPSA) is 41.6 Å². The lowest BCUT2D eigenvalue weighted by atomic mass is 10.2. The third-order valence-electron chi connectivity index (χ3n) is 2.48. The van der Waals surface area contributed by atoms with E-state index in [1.54, 1.807) is 12.2 Å². The molecule has 0 unspecified atom stereocenters. The van der Waals surface area contributed by atoms with Crippen LogP contribution in [0.1, 0.15) is 12.5 Å². The van der Waals surface area contributed by atoms with Crippen molar-refractivity contribution in [1.29, 1.82) is 0 Å². The van der Waals surface area contributed by atoms with Gasteiger partial charge in [0.2, 0.25) is 5.91 Å². The summed E-state index contributed by atoms with van der Waals surface area (Å²) >= 11 is 0.